The van der Waals surface area contributed by atoms with Gasteiger partial charge in [-0.25, -0.2) is 0 Å². The van der Waals surface area contributed by atoms with Gasteiger partial charge in [-0.3, -0.25) is 9.52 Å². The molecule has 0 heterocycles. The Balaban J connectivity index is 2.71. The summed E-state index contributed by atoms with van der Waals surface area (Å²) in [5.41, 5.74) is 2.58. The molecule has 96 valence electrons. The summed E-state index contributed by atoms with van der Waals surface area (Å²) in [6, 6.07) is 5.56. The van der Waals surface area contributed by atoms with Gasteiger partial charge in [-0.2, -0.15) is 0 Å². The molecule has 0 aliphatic heterocycles. The van der Waals surface area contributed by atoms with Crippen molar-refractivity contribution in [2.75, 3.05) is 7.05 Å². The summed E-state index contributed by atoms with van der Waals surface area (Å²) in [6.45, 7) is 3.84. The molecule has 2 N–H and O–H groups in total. The zero-order valence-corrected chi connectivity index (χ0v) is 11.3. The molecule has 0 saturated carbocycles. The van der Waals surface area contributed by atoms with Crippen molar-refractivity contribution in [1.29, 1.82) is 0 Å². The molecule has 0 bridgehead atoms. The molecule has 1 rings (SSSR count). The van der Waals surface area contributed by atoms with Crippen molar-refractivity contribution in [3.05, 3.63) is 51.0 Å². The van der Waals surface area contributed by atoms with Crippen LogP contribution >= 0.6 is 11.9 Å². The highest BCUT2D eigenvalue weighted by Gasteiger charge is 2.10. The first kappa shape index (κ1) is 14.2. The average molecular weight is 265 g/mol. The first-order valence-electron chi connectivity index (χ1n) is 5.33. The number of nitrogens with one attached hydrogen (secondary N) is 2. The van der Waals surface area contributed by atoms with Gasteiger partial charge in [0.25, 0.3) is 5.91 Å². The van der Waals surface area contributed by atoms with Crippen LogP contribution in [0.25, 0.3) is 0 Å². The lowest BCUT2D eigenvalue weighted by atomic mass is 10.1. The molecule has 5 nitrogen and oxygen atoms in total. The second kappa shape index (κ2) is 6.80. The minimum atomic E-state index is -0.247. The summed E-state index contributed by atoms with van der Waals surface area (Å²) in [7, 11) is 1.65. The van der Waals surface area contributed by atoms with Crippen LogP contribution in [0, 0.1) is 18.8 Å². The molecule has 1 aromatic carbocycles. The van der Waals surface area contributed by atoms with Gasteiger partial charge in [0, 0.05) is 30.8 Å². The van der Waals surface area contributed by atoms with E-state index in [4.69, 9.17) is 0 Å². The number of rotatable bonds is 5. The van der Waals surface area contributed by atoms with E-state index in [1.165, 1.54) is 6.20 Å². The van der Waals surface area contributed by atoms with E-state index in [0.29, 0.717) is 5.56 Å². The molecule has 0 aliphatic rings. The number of amides is 1. The molecule has 18 heavy (non-hydrogen) atoms. The van der Waals surface area contributed by atoms with Gasteiger partial charge in [0.1, 0.15) is 0 Å². The molecule has 0 unspecified atom stereocenters. The fraction of sp³-hybridized carbons (Fsp3) is 0.250. The summed E-state index contributed by atoms with van der Waals surface area (Å²) >= 11 is 0.882. The highest BCUT2D eigenvalue weighted by molar-refractivity contribution is 8.01. The van der Waals surface area contributed by atoms with Crippen LogP contribution in [0.1, 0.15) is 21.5 Å². The van der Waals surface area contributed by atoms with Crippen LogP contribution in [0.2, 0.25) is 0 Å². The van der Waals surface area contributed by atoms with Gasteiger partial charge in [-0.1, -0.05) is 17.7 Å². The molecule has 1 amide bonds. The van der Waals surface area contributed by atoms with E-state index in [-0.39, 0.29) is 10.9 Å². The quantitative estimate of drug-likeness (QED) is 0.633. The predicted molar refractivity (Wildman–Crippen MR) is 73.9 cm³/mol. The molecule has 0 saturated heterocycles. The Hall–Kier alpha value is -1.82. The van der Waals surface area contributed by atoms with Gasteiger partial charge >= 0.3 is 0 Å². The van der Waals surface area contributed by atoms with Crippen LogP contribution in [0.15, 0.2) is 34.6 Å². The molecule has 0 fully saturated rings. The lowest BCUT2D eigenvalue weighted by Crippen LogP contribution is -2.17. The maximum atomic E-state index is 11.9. The number of carbonyl (C=O) groups is 1. The van der Waals surface area contributed by atoms with E-state index in [9.17, 15) is 9.70 Å². The molecular formula is C12H15N3O2S. The molecule has 0 spiro atoms. The van der Waals surface area contributed by atoms with Crippen LogP contribution < -0.4 is 10.0 Å². The highest BCUT2D eigenvalue weighted by Crippen LogP contribution is 2.15. The number of nitrogens with zero attached hydrogens (tertiary/aromatic N) is 1. The minimum Gasteiger partial charge on any atom is -0.392 e. The Labute approximate surface area is 110 Å². The summed E-state index contributed by atoms with van der Waals surface area (Å²) in [6.07, 6.45) is 1.42. The van der Waals surface area contributed by atoms with Crippen molar-refractivity contribution in [1.82, 2.24) is 10.0 Å². The molecule has 0 aliphatic carbocycles. The van der Waals surface area contributed by atoms with Crippen molar-refractivity contribution in [3.63, 3.8) is 0 Å². The Morgan fingerprint density at radius 1 is 1.39 bits per heavy atom. The van der Waals surface area contributed by atoms with Crippen molar-refractivity contribution in [2.24, 2.45) is 5.18 Å². The van der Waals surface area contributed by atoms with E-state index >= 15 is 0 Å². The molecule has 6 heteroatoms. The third-order valence-corrected chi connectivity index (χ3v) is 2.92. The molecule has 1 aromatic rings. The number of aryl methyl sites for hydroxylation is 2. The smallest absolute Gasteiger partial charge is 0.261 e. The normalized spacial score (nSPS) is 10.9. The topological polar surface area (TPSA) is 70.6 Å². The highest BCUT2D eigenvalue weighted by atomic mass is 32.2. The largest absolute Gasteiger partial charge is 0.392 e. The lowest BCUT2D eigenvalue weighted by Gasteiger charge is -2.06. The standard InChI is InChI=1S/C12H15N3O2S/c1-8-4-5-10(9(2)6-8)12(16)15-18-11(14-17)7-13-3/h4-7,13H,1-3H3,(H,15,16)/b11-7-. The summed E-state index contributed by atoms with van der Waals surface area (Å²) in [4.78, 5) is 22.3. The maximum Gasteiger partial charge on any atom is 0.261 e. The van der Waals surface area contributed by atoms with E-state index in [1.807, 2.05) is 26.0 Å². The minimum absolute atomic E-state index is 0.163. The van der Waals surface area contributed by atoms with Crippen LogP contribution in [0.4, 0.5) is 0 Å². The maximum absolute atomic E-state index is 11.9. The van der Waals surface area contributed by atoms with Crippen molar-refractivity contribution in [3.8, 4) is 0 Å². The molecule has 0 atom stereocenters. The van der Waals surface area contributed by atoms with Gasteiger partial charge in [-0.05, 0) is 30.7 Å². The van der Waals surface area contributed by atoms with Crippen molar-refractivity contribution in [2.45, 2.75) is 13.8 Å². The van der Waals surface area contributed by atoms with Gasteiger partial charge in [0.15, 0.2) is 5.03 Å². The number of hydrogen-bond donors (Lipinski definition) is 2. The number of benzene rings is 1. The SMILES string of the molecule is CN/C=C(/N=O)SNC(=O)c1ccc(C)cc1C. The zero-order valence-electron chi connectivity index (χ0n) is 10.5. The predicted octanol–water partition coefficient (Wildman–Crippen LogP) is 2.47. The monoisotopic (exact) mass is 265 g/mol. The second-order valence-corrected chi connectivity index (χ2v) is 4.54. The van der Waals surface area contributed by atoms with E-state index in [1.54, 1.807) is 13.1 Å². The van der Waals surface area contributed by atoms with E-state index in [0.717, 1.165) is 23.1 Å². The van der Waals surface area contributed by atoms with Crippen LogP contribution in [-0.4, -0.2) is 13.0 Å². The first-order chi connectivity index (χ1) is 8.58. The van der Waals surface area contributed by atoms with Gasteiger partial charge in [0.05, 0.1) is 0 Å². The van der Waals surface area contributed by atoms with Crippen LogP contribution in [0.5, 0.6) is 0 Å². The molecule has 0 radical (unpaired) electrons. The Morgan fingerprint density at radius 3 is 2.67 bits per heavy atom. The van der Waals surface area contributed by atoms with Crippen LogP contribution in [-0.2, 0) is 0 Å². The second-order valence-electron chi connectivity index (χ2n) is 3.71. The Morgan fingerprint density at radius 2 is 2.11 bits per heavy atom. The van der Waals surface area contributed by atoms with Gasteiger partial charge in [-0.15, -0.1) is 4.91 Å². The first-order valence-corrected chi connectivity index (χ1v) is 6.15. The molecule has 0 aromatic heterocycles. The van der Waals surface area contributed by atoms with Crippen LogP contribution in [0.3, 0.4) is 0 Å². The Bertz CT molecular complexity index is 486. The van der Waals surface area contributed by atoms with E-state index in [2.05, 4.69) is 15.2 Å². The third kappa shape index (κ3) is 3.89. The zero-order chi connectivity index (χ0) is 13.5. The van der Waals surface area contributed by atoms with Gasteiger partial charge in [0.2, 0.25) is 0 Å². The number of nitroso groups, excluding NO2 is 1. The summed E-state index contributed by atoms with van der Waals surface area (Å²) in [5, 5.41) is 5.61. The fourth-order valence-corrected chi connectivity index (χ4v) is 1.94. The van der Waals surface area contributed by atoms with Crippen molar-refractivity contribution >= 4 is 17.9 Å². The van der Waals surface area contributed by atoms with E-state index < -0.39 is 0 Å². The average Bonchev–Trinajstić information content (AvgIpc) is 2.34. The number of hydrogen-bond acceptors (Lipinski definition) is 5. The summed E-state index contributed by atoms with van der Waals surface area (Å²) < 4.78 is 2.57. The third-order valence-electron chi connectivity index (χ3n) is 2.23. The summed E-state index contributed by atoms with van der Waals surface area (Å²) in [5.74, 6) is -0.247. The Kier molecular flexibility index (Phi) is 5.38. The lowest BCUT2D eigenvalue weighted by molar-refractivity contribution is 0.0984. The van der Waals surface area contributed by atoms with Gasteiger partial charge < -0.3 is 5.32 Å². The fourth-order valence-electron chi connectivity index (χ4n) is 1.42. The molecular weight excluding hydrogens is 250 g/mol. The number of carbonyl (C=O) groups excluding carboxylic acids is 1. The van der Waals surface area contributed by atoms with Crippen molar-refractivity contribution < 1.29 is 4.79 Å².